The number of carbonyl (C=O) groups is 1. The topological polar surface area (TPSA) is 79.2 Å². The monoisotopic (exact) mass is 308 g/mol. The first-order chi connectivity index (χ1) is 10.3. The molecule has 1 aromatic rings. The molecule has 0 radical (unpaired) electrons. The average Bonchev–Trinajstić information content (AvgIpc) is 3.04. The third kappa shape index (κ3) is 3.87. The van der Waals surface area contributed by atoms with Crippen molar-refractivity contribution in [3.05, 3.63) is 11.8 Å². The standard InChI is InChI=1S/C16H28N4O2/c1-15(2,3)12-9-13(20(4)19-12)18-14(22)10-17-16(11-21)7-5-6-8-16/h9,17,21H,5-8,10-11H2,1-4H3,(H,18,22). The second-order valence-electron chi connectivity index (χ2n) is 7.34. The van der Waals surface area contributed by atoms with Crippen LogP contribution in [0.2, 0.25) is 0 Å². The number of anilines is 1. The fraction of sp³-hybridized carbons (Fsp3) is 0.750. The Morgan fingerprint density at radius 3 is 2.55 bits per heavy atom. The number of amides is 1. The third-order valence-corrected chi connectivity index (χ3v) is 4.40. The van der Waals surface area contributed by atoms with E-state index in [9.17, 15) is 9.90 Å². The number of nitrogens with zero attached hydrogens (tertiary/aromatic N) is 2. The Bertz CT molecular complexity index is 525. The van der Waals surface area contributed by atoms with E-state index in [1.54, 1.807) is 4.68 Å². The smallest absolute Gasteiger partial charge is 0.239 e. The summed E-state index contributed by atoms with van der Waals surface area (Å²) in [5.41, 5.74) is 0.616. The van der Waals surface area contributed by atoms with E-state index in [1.165, 1.54) is 0 Å². The summed E-state index contributed by atoms with van der Waals surface area (Å²) in [4.78, 5) is 12.1. The molecule has 1 aliphatic rings. The molecule has 0 spiro atoms. The number of aliphatic hydroxyl groups is 1. The first-order valence-corrected chi connectivity index (χ1v) is 7.96. The SMILES string of the molecule is Cn1nc(C(C)(C)C)cc1NC(=O)CNC1(CO)CCCC1. The van der Waals surface area contributed by atoms with Gasteiger partial charge in [-0.3, -0.25) is 9.48 Å². The zero-order valence-corrected chi connectivity index (χ0v) is 14.1. The van der Waals surface area contributed by atoms with E-state index in [-0.39, 0.29) is 30.0 Å². The van der Waals surface area contributed by atoms with Crippen LogP contribution >= 0.6 is 0 Å². The molecule has 0 unspecified atom stereocenters. The number of hydrogen-bond acceptors (Lipinski definition) is 4. The summed E-state index contributed by atoms with van der Waals surface area (Å²) < 4.78 is 1.69. The number of carbonyl (C=O) groups excluding carboxylic acids is 1. The predicted octanol–water partition coefficient (Wildman–Crippen LogP) is 1.55. The fourth-order valence-electron chi connectivity index (χ4n) is 2.85. The maximum atomic E-state index is 12.1. The van der Waals surface area contributed by atoms with Crippen molar-refractivity contribution in [2.45, 2.75) is 57.4 Å². The maximum absolute atomic E-state index is 12.1. The zero-order valence-electron chi connectivity index (χ0n) is 14.1. The van der Waals surface area contributed by atoms with Crippen molar-refractivity contribution in [3.63, 3.8) is 0 Å². The van der Waals surface area contributed by atoms with E-state index in [0.29, 0.717) is 5.82 Å². The number of aromatic nitrogens is 2. The highest BCUT2D eigenvalue weighted by Crippen LogP contribution is 2.29. The lowest BCUT2D eigenvalue weighted by atomic mass is 9.92. The highest BCUT2D eigenvalue weighted by atomic mass is 16.3. The lowest BCUT2D eigenvalue weighted by molar-refractivity contribution is -0.115. The zero-order chi connectivity index (χ0) is 16.4. The van der Waals surface area contributed by atoms with Gasteiger partial charge in [0.25, 0.3) is 0 Å². The minimum Gasteiger partial charge on any atom is -0.394 e. The maximum Gasteiger partial charge on any atom is 0.239 e. The van der Waals surface area contributed by atoms with Crippen LogP contribution in [0.5, 0.6) is 0 Å². The summed E-state index contributed by atoms with van der Waals surface area (Å²) >= 11 is 0. The van der Waals surface area contributed by atoms with Crippen LogP contribution in [0, 0.1) is 0 Å². The Morgan fingerprint density at radius 1 is 1.41 bits per heavy atom. The minimum atomic E-state index is -0.277. The summed E-state index contributed by atoms with van der Waals surface area (Å²) in [6.45, 7) is 6.56. The van der Waals surface area contributed by atoms with Crippen molar-refractivity contribution in [1.29, 1.82) is 0 Å². The van der Waals surface area contributed by atoms with E-state index in [4.69, 9.17) is 0 Å². The first-order valence-electron chi connectivity index (χ1n) is 7.96. The van der Waals surface area contributed by atoms with Crippen LogP contribution in [-0.4, -0.2) is 39.5 Å². The van der Waals surface area contributed by atoms with E-state index in [0.717, 1.165) is 31.4 Å². The van der Waals surface area contributed by atoms with Gasteiger partial charge in [0.15, 0.2) is 0 Å². The lowest BCUT2D eigenvalue weighted by Crippen LogP contribution is -2.49. The Morgan fingerprint density at radius 2 is 2.05 bits per heavy atom. The molecule has 0 atom stereocenters. The third-order valence-electron chi connectivity index (χ3n) is 4.40. The van der Waals surface area contributed by atoms with Gasteiger partial charge in [-0.05, 0) is 12.8 Å². The van der Waals surface area contributed by atoms with Gasteiger partial charge in [0, 0.05) is 24.1 Å². The van der Waals surface area contributed by atoms with E-state index >= 15 is 0 Å². The molecule has 124 valence electrons. The highest BCUT2D eigenvalue weighted by molar-refractivity contribution is 5.91. The van der Waals surface area contributed by atoms with E-state index in [2.05, 4.69) is 36.5 Å². The fourth-order valence-corrected chi connectivity index (χ4v) is 2.85. The molecule has 0 saturated heterocycles. The largest absolute Gasteiger partial charge is 0.394 e. The van der Waals surface area contributed by atoms with Crippen LogP contribution in [0.4, 0.5) is 5.82 Å². The van der Waals surface area contributed by atoms with E-state index < -0.39 is 0 Å². The number of aryl methyl sites for hydroxylation is 1. The van der Waals surface area contributed by atoms with Gasteiger partial charge in [-0.1, -0.05) is 33.6 Å². The van der Waals surface area contributed by atoms with Crippen LogP contribution in [0.1, 0.15) is 52.1 Å². The molecular weight excluding hydrogens is 280 g/mol. The van der Waals surface area contributed by atoms with Crippen LogP contribution in [0.25, 0.3) is 0 Å². The molecule has 0 aromatic carbocycles. The Hall–Kier alpha value is -1.40. The Balaban J connectivity index is 1.93. The number of hydrogen-bond donors (Lipinski definition) is 3. The van der Waals surface area contributed by atoms with Gasteiger partial charge >= 0.3 is 0 Å². The summed E-state index contributed by atoms with van der Waals surface area (Å²) in [5, 5.41) is 20.1. The van der Waals surface area contributed by atoms with Gasteiger partial charge in [0.05, 0.1) is 18.8 Å². The molecule has 1 heterocycles. The quantitative estimate of drug-likeness (QED) is 0.771. The van der Waals surface area contributed by atoms with Crippen molar-refractivity contribution >= 4 is 11.7 Å². The molecule has 0 bridgehead atoms. The summed E-state index contributed by atoms with van der Waals surface area (Å²) in [5.74, 6) is 0.587. The molecule has 6 nitrogen and oxygen atoms in total. The van der Waals surface area contributed by atoms with Crippen LogP contribution in [-0.2, 0) is 17.3 Å². The molecule has 1 saturated carbocycles. The molecule has 6 heteroatoms. The second kappa shape index (κ2) is 6.38. The van der Waals surface area contributed by atoms with Crippen molar-refractivity contribution in [1.82, 2.24) is 15.1 Å². The second-order valence-corrected chi connectivity index (χ2v) is 7.34. The van der Waals surface area contributed by atoms with Gasteiger partial charge in [0.1, 0.15) is 5.82 Å². The summed E-state index contributed by atoms with van der Waals surface area (Å²) in [7, 11) is 1.82. The van der Waals surface area contributed by atoms with Gasteiger partial charge in [-0.2, -0.15) is 5.10 Å². The number of nitrogens with one attached hydrogen (secondary N) is 2. The normalized spacial score (nSPS) is 17.7. The summed E-state index contributed by atoms with van der Waals surface area (Å²) in [6, 6.07) is 1.91. The van der Waals surface area contributed by atoms with Crippen LogP contribution < -0.4 is 10.6 Å². The molecule has 0 aliphatic heterocycles. The Labute approximate surface area is 132 Å². The van der Waals surface area contributed by atoms with Gasteiger partial charge in [-0.25, -0.2) is 0 Å². The predicted molar refractivity (Wildman–Crippen MR) is 86.8 cm³/mol. The number of aliphatic hydroxyl groups excluding tert-OH is 1. The molecule has 1 aliphatic carbocycles. The first kappa shape index (κ1) is 17.0. The molecule has 3 N–H and O–H groups in total. The van der Waals surface area contributed by atoms with Crippen molar-refractivity contribution in [2.75, 3.05) is 18.5 Å². The molecular formula is C16H28N4O2. The van der Waals surface area contributed by atoms with Crippen molar-refractivity contribution in [3.8, 4) is 0 Å². The average molecular weight is 308 g/mol. The molecule has 22 heavy (non-hydrogen) atoms. The number of rotatable bonds is 5. The van der Waals surface area contributed by atoms with Gasteiger partial charge < -0.3 is 15.7 Å². The Kier molecular flexibility index (Phi) is 4.92. The molecule has 2 rings (SSSR count). The highest BCUT2D eigenvalue weighted by Gasteiger charge is 2.33. The molecule has 1 fully saturated rings. The summed E-state index contributed by atoms with van der Waals surface area (Å²) in [6.07, 6.45) is 4.06. The van der Waals surface area contributed by atoms with Crippen molar-refractivity contribution in [2.24, 2.45) is 7.05 Å². The lowest BCUT2D eigenvalue weighted by Gasteiger charge is -2.27. The van der Waals surface area contributed by atoms with Gasteiger partial charge in [-0.15, -0.1) is 0 Å². The van der Waals surface area contributed by atoms with E-state index in [1.807, 2.05) is 13.1 Å². The molecule has 1 amide bonds. The van der Waals surface area contributed by atoms with Crippen LogP contribution in [0.15, 0.2) is 6.07 Å². The minimum absolute atomic E-state index is 0.0518. The van der Waals surface area contributed by atoms with Crippen molar-refractivity contribution < 1.29 is 9.90 Å². The van der Waals surface area contributed by atoms with Crippen LogP contribution in [0.3, 0.4) is 0 Å². The molecule has 1 aromatic heterocycles. The van der Waals surface area contributed by atoms with Gasteiger partial charge in [0.2, 0.25) is 5.91 Å².